The van der Waals surface area contributed by atoms with E-state index < -0.39 is 17.8 Å². The Morgan fingerprint density at radius 2 is 1.85 bits per heavy atom. The second kappa shape index (κ2) is 10.1. The Kier molecular flexibility index (Phi) is 7.21. The highest BCUT2D eigenvalue weighted by Crippen LogP contribution is 2.33. The van der Waals surface area contributed by atoms with Crippen molar-refractivity contribution in [2.75, 3.05) is 39.5 Å². The Labute approximate surface area is 194 Å². The topological polar surface area (TPSA) is 98.4 Å². The number of piperidine rings is 1. The number of amides is 2. The molecule has 1 spiro atoms. The van der Waals surface area contributed by atoms with Crippen LogP contribution in [0.5, 0.6) is 5.75 Å². The van der Waals surface area contributed by atoms with Crippen LogP contribution in [0.1, 0.15) is 45.2 Å². The Morgan fingerprint density at radius 3 is 2.45 bits per heavy atom. The van der Waals surface area contributed by atoms with Gasteiger partial charge in [-0.05, 0) is 38.5 Å². The van der Waals surface area contributed by atoms with Crippen LogP contribution in [0.2, 0.25) is 0 Å². The standard InChI is InChI=1S/C24H33N3O6/c1-4-30-22(28)20-19(15-27-11-9-24(10-12-27)31-13-14-32-24)25-23(29)26-21(20)17-5-7-18(8-6-17)33-16(2)3/h5-8,16,21H,4,9-15H2,1-3H3,(H2,25,26,29). The summed E-state index contributed by atoms with van der Waals surface area (Å²) in [5.41, 5.74) is 1.77. The summed E-state index contributed by atoms with van der Waals surface area (Å²) in [5, 5.41) is 5.73. The van der Waals surface area contributed by atoms with Crippen molar-refractivity contribution < 1.29 is 28.5 Å². The number of nitrogens with one attached hydrogen (secondary N) is 2. The van der Waals surface area contributed by atoms with E-state index in [0.29, 0.717) is 31.0 Å². The number of ether oxygens (including phenoxy) is 4. The molecule has 0 aromatic heterocycles. The third-order valence-electron chi connectivity index (χ3n) is 6.05. The Balaban J connectivity index is 1.57. The maximum Gasteiger partial charge on any atom is 0.338 e. The van der Waals surface area contributed by atoms with Gasteiger partial charge in [0.2, 0.25) is 0 Å². The molecule has 9 nitrogen and oxygen atoms in total. The van der Waals surface area contributed by atoms with Crippen LogP contribution in [-0.2, 0) is 19.0 Å². The minimum atomic E-state index is -0.612. The van der Waals surface area contributed by atoms with E-state index in [4.69, 9.17) is 18.9 Å². The largest absolute Gasteiger partial charge is 0.491 e. The number of rotatable bonds is 7. The molecule has 0 bridgehead atoms. The second-order valence-electron chi connectivity index (χ2n) is 8.76. The first-order chi connectivity index (χ1) is 15.9. The van der Waals surface area contributed by atoms with Crippen LogP contribution in [0.25, 0.3) is 0 Å². The fraction of sp³-hybridized carbons (Fsp3) is 0.583. The van der Waals surface area contributed by atoms with Crippen LogP contribution in [-0.4, -0.2) is 68.2 Å². The molecule has 2 fully saturated rings. The first-order valence-electron chi connectivity index (χ1n) is 11.6. The van der Waals surface area contributed by atoms with Crippen LogP contribution in [0.3, 0.4) is 0 Å². The molecule has 33 heavy (non-hydrogen) atoms. The lowest BCUT2D eigenvalue weighted by molar-refractivity contribution is -0.184. The number of hydrogen-bond acceptors (Lipinski definition) is 7. The van der Waals surface area contributed by atoms with Gasteiger partial charge < -0.3 is 29.6 Å². The molecular weight excluding hydrogens is 426 g/mol. The highest BCUT2D eigenvalue weighted by molar-refractivity contribution is 5.95. The van der Waals surface area contributed by atoms with E-state index in [1.54, 1.807) is 6.92 Å². The molecule has 1 unspecified atom stereocenters. The summed E-state index contributed by atoms with van der Waals surface area (Å²) in [7, 11) is 0. The fourth-order valence-electron chi connectivity index (χ4n) is 4.51. The first-order valence-corrected chi connectivity index (χ1v) is 11.6. The molecule has 0 saturated carbocycles. The van der Waals surface area contributed by atoms with Gasteiger partial charge >= 0.3 is 12.0 Å². The van der Waals surface area contributed by atoms with Gasteiger partial charge in [0, 0.05) is 38.2 Å². The van der Waals surface area contributed by atoms with Gasteiger partial charge in [0.05, 0.1) is 37.5 Å². The van der Waals surface area contributed by atoms with E-state index >= 15 is 0 Å². The maximum atomic E-state index is 13.0. The van der Waals surface area contributed by atoms with E-state index in [1.165, 1.54) is 0 Å². The number of benzene rings is 1. The van der Waals surface area contributed by atoms with Crippen molar-refractivity contribution in [3.05, 3.63) is 41.1 Å². The fourth-order valence-corrected chi connectivity index (χ4v) is 4.51. The van der Waals surface area contributed by atoms with Crippen LogP contribution >= 0.6 is 0 Å². The van der Waals surface area contributed by atoms with Gasteiger partial charge in [-0.15, -0.1) is 0 Å². The first kappa shape index (κ1) is 23.5. The molecule has 2 saturated heterocycles. The average molecular weight is 460 g/mol. The van der Waals surface area contributed by atoms with Gasteiger partial charge in [0.15, 0.2) is 5.79 Å². The smallest absolute Gasteiger partial charge is 0.338 e. The molecule has 2 amide bonds. The van der Waals surface area contributed by atoms with Gasteiger partial charge in [-0.1, -0.05) is 12.1 Å². The van der Waals surface area contributed by atoms with Gasteiger partial charge in [-0.2, -0.15) is 0 Å². The maximum absolute atomic E-state index is 13.0. The van der Waals surface area contributed by atoms with Crippen molar-refractivity contribution in [3.63, 3.8) is 0 Å². The van der Waals surface area contributed by atoms with Crippen LogP contribution in [0.4, 0.5) is 4.79 Å². The summed E-state index contributed by atoms with van der Waals surface area (Å²) < 4.78 is 22.7. The molecule has 1 aromatic rings. The summed E-state index contributed by atoms with van der Waals surface area (Å²) in [6, 6.07) is 6.46. The van der Waals surface area contributed by atoms with Crippen molar-refractivity contribution in [1.82, 2.24) is 15.5 Å². The highest BCUT2D eigenvalue weighted by Gasteiger charge is 2.41. The van der Waals surface area contributed by atoms with Crippen LogP contribution < -0.4 is 15.4 Å². The van der Waals surface area contributed by atoms with E-state index in [0.717, 1.165) is 37.2 Å². The van der Waals surface area contributed by atoms with Crippen molar-refractivity contribution in [3.8, 4) is 5.75 Å². The Morgan fingerprint density at radius 1 is 1.18 bits per heavy atom. The third kappa shape index (κ3) is 5.48. The van der Waals surface area contributed by atoms with E-state index in [9.17, 15) is 9.59 Å². The summed E-state index contributed by atoms with van der Waals surface area (Å²) in [4.78, 5) is 27.8. The van der Waals surface area contributed by atoms with Crippen molar-refractivity contribution in [2.45, 2.75) is 51.5 Å². The quantitative estimate of drug-likeness (QED) is 0.605. The molecule has 0 aliphatic carbocycles. The van der Waals surface area contributed by atoms with Crippen LogP contribution in [0, 0.1) is 0 Å². The van der Waals surface area contributed by atoms with Gasteiger partial charge in [-0.3, -0.25) is 4.90 Å². The minimum absolute atomic E-state index is 0.0553. The number of esters is 1. The molecule has 1 aromatic carbocycles. The number of carbonyl (C=O) groups excluding carboxylic acids is 2. The Bertz CT molecular complexity index is 882. The summed E-state index contributed by atoms with van der Waals surface area (Å²) in [6.45, 7) is 9.12. The zero-order chi connectivity index (χ0) is 23.4. The minimum Gasteiger partial charge on any atom is -0.491 e. The molecule has 9 heteroatoms. The van der Waals surface area contributed by atoms with Crippen molar-refractivity contribution in [2.24, 2.45) is 0 Å². The van der Waals surface area contributed by atoms with E-state index in [-0.39, 0.29) is 18.7 Å². The monoisotopic (exact) mass is 459 g/mol. The van der Waals surface area contributed by atoms with Gasteiger partial charge in [0.25, 0.3) is 0 Å². The molecular formula is C24H33N3O6. The molecule has 3 aliphatic heterocycles. The Hall–Kier alpha value is -2.62. The predicted molar refractivity (Wildman–Crippen MR) is 121 cm³/mol. The molecule has 1 atom stereocenters. The van der Waals surface area contributed by atoms with Gasteiger partial charge in [0.1, 0.15) is 5.75 Å². The molecule has 4 rings (SSSR count). The lowest BCUT2D eigenvalue weighted by atomic mass is 9.94. The molecule has 3 heterocycles. The highest BCUT2D eigenvalue weighted by atomic mass is 16.7. The average Bonchev–Trinajstić information content (AvgIpc) is 3.23. The third-order valence-corrected chi connectivity index (χ3v) is 6.05. The van der Waals surface area contributed by atoms with E-state index in [1.807, 2.05) is 38.1 Å². The lowest BCUT2D eigenvalue weighted by Crippen LogP contribution is -2.51. The number of carbonyl (C=O) groups is 2. The molecule has 180 valence electrons. The van der Waals surface area contributed by atoms with Gasteiger partial charge in [-0.25, -0.2) is 9.59 Å². The summed E-state index contributed by atoms with van der Waals surface area (Å²) in [6.07, 6.45) is 1.56. The zero-order valence-corrected chi connectivity index (χ0v) is 19.5. The van der Waals surface area contributed by atoms with Crippen molar-refractivity contribution in [1.29, 1.82) is 0 Å². The predicted octanol–water partition coefficient (Wildman–Crippen LogP) is 2.48. The normalized spacial score (nSPS) is 22.9. The number of nitrogens with zero attached hydrogens (tertiary/aromatic N) is 1. The molecule has 2 N–H and O–H groups in total. The summed E-state index contributed by atoms with van der Waals surface area (Å²) in [5.74, 6) is -0.188. The summed E-state index contributed by atoms with van der Waals surface area (Å²) >= 11 is 0. The van der Waals surface area contributed by atoms with Crippen LogP contribution in [0.15, 0.2) is 35.5 Å². The molecule has 0 radical (unpaired) electrons. The molecule has 3 aliphatic rings. The lowest BCUT2D eigenvalue weighted by Gasteiger charge is -2.39. The number of urea groups is 1. The zero-order valence-electron chi connectivity index (χ0n) is 19.5. The SMILES string of the molecule is CCOC(=O)C1=C(CN2CCC3(CC2)OCCO3)NC(=O)NC1c1ccc(OC(C)C)cc1. The van der Waals surface area contributed by atoms with Crippen molar-refractivity contribution >= 4 is 12.0 Å². The van der Waals surface area contributed by atoms with E-state index in [2.05, 4.69) is 15.5 Å². The second-order valence-corrected chi connectivity index (χ2v) is 8.76. The number of likely N-dealkylation sites (tertiary alicyclic amines) is 1. The number of hydrogen-bond donors (Lipinski definition) is 2.